The molecule has 1 saturated carbocycles. The van der Waals surface area contributed by atoms with Gasteiger partial charge in [-0.05, 0) is 63.9 Å². The van der Waals surface area contributed by atoms with Gasteiger partial charge in [-0.2, -0.15) is 5.10 Å². The summed E-state index contributed by atoms with van der Waals surface area (Å²) in [6.07, 6.45) is 7.99. The van der Waals surface area contributed by atoms with Gasteiger partial charge in [0.25, 0.3) is 5.56 Å². The summed E-state index contributed by atoms with van der Waals surface area (Å²) < 4.78 is 1.71. The minimum Gasteiger partial charge on any atom is -0.356 e. The van der Waals surface area contributed by atoms with Gasteiger partial charge in [-0.25, -0.2) is 14.6 Å². The van der Waals surface area contributed by atoms with Gasteiger partial charge in [-0.15, -0.1) is 0 Å². The topological polar surface area (TPSA) is 63.9 Å². The number of rotatable bonds is 4. The predicted octanol–water partition coefficient (Wildman–Crippen LogP) is 2.62. The molecule has 0 atom stereocenters. The van der Waals surface area contributed by atoms with Crippen molar-refractivity contribution in [1.29, 1.82) is 0 Å². The maximum atomic E-state index is 12.2. The summed E-state index contributed by atoms with van der Waals surface area (Å²) in [4.78, 5) is 24.1. The highest BCUT2D eigenvalue weighted by Gasteiger charge is 2.28. The second-order valence-electron chi connectivity index (χ2n) is 8.36. The smallest absolute Gasteiger partial charge is 0.266 e. The van der Waals surface area contributed by atoms with Gasteiger partial charge >= 0.3 is 0 Å². The summed E-state index contributed by atoms with van der Waals surface area (Å²) in [7, 11) is 0. The third-order valence-electron chi connectivity index (χ3n) is 6.25. The summed E-state index contributed by atoms with van der Waals surface area (Å²) in [6.45, 7) is 4.75. The molecule has 6 nitrogen and oxygen atoms in total. The molecule has 1 aliphatic heterocycles. The van der Waals surface area contributed by atoms with Gasteiger partial charge in [-0.3, -0.25) is 4.79 Å². The Balaban J connectivity index is 1.28. The zero-order chi connectivity index (χ0) is 18.4. The maximum Gasteiger partial charge on any atom is 0.266 e. The highest BCUT2D eigenvalue weighted by Crippen LogP contribution is 2.38. The molecule has 0 unspecified atom stereocenters. The van der Waals surface area contributed by atoms with E-state index in [4.69, 9.17) is 4.98 Å². The molecule has 0 N–H and O–H groups in total. The molecule has 3 aliphatic rings. The molecule has 0 amide bonds. The largest absolute Gasteiger partial charge is 0.356 e. The first-order chi connectivity index (χ1) is 13.2. The molecule has 5 rings (SSSR count). The third kappa shape index (κ3) is 3.37. The van der Waals surface area contributed by atoms with E-state index in [2.05, 4.69) is 15.0 Å². The molecular formula is C21H27N5O. The Morgan fingerprint density at radius 2 is 1.89 bits per heavy atom. The first-order valence-corrected chi connectivity index (χ1v) is 10.4. The standard InChI is InChI=1S/C21H27N5O/c1-14-22-19-4-2-3-17(19)21(23-14)25-11-9-15(10-12-25)13-26-20(27)8-7-18(24-26)16-5-6-16/h7-8,15-16H,2-6,9-13H2,1H3. The van der Waals surface area contributed by atoms with Crippen LogP contribution in [0, 0.1) is 12.8 Å². The number of piperidine rings is 1. The van der Waals surface area contributed by atoms with Crippen molar-refractivity contribution in [3.05, 3.63) is 45.3 Å². The molecule has 0 aromatic carbocycles. The molecule has 2 aromatic rings. The predicted molar refractivity (Wildman–Crippen MR) is 104 cm³/mol. The van der Waals surface area contributed by atoms with Gasteiger partial charge < -0.3 is 4.90 Å². The van der Waals surface area contributed by atoms with E-state index in [1.54, 1.807) is 10.7 Å². The maximum absolute atomic E-state index is 12.2. The Morgan fingerprint density at radius 1 is 1.07 bits per heavy atom. The van der Waals surface area contributed by atoms with E-state index in [-0.39, 0.29) is 5.56 Å². The lowest BCUT2D eigenvalue weighted by atomic mass is 9.96. The first-order valence-electron chi connectivity index (χ1n) is 10.4. The van der Waals surface area contributed by atoms with Gasteiger partial charge in [0, 0.05) is 42.9 Å². The molecule has 142 valence electrons. The average molecular weight is 365 g/mol. The van der Waals surface area contributed by atoms with E-state index >= 15 is 0 Å². The number of fused-ring (bicyclic) bond motifs is 1. The Hall–Kier alpha value is -2.24. The van der Waals surface area contributed by atoms with Crippen molar-refractivity contribution in [1.82, 2.24) is 19.7 Å². The fourth-order valence-corrected chi connectivity index (χ4v) is 4.56. The van der Waals surface area contributed by atoms with Gasteiger partial charge in [0.05, 0.1) is 5.69 Å². The Bertz CT molecular complexity index is 909. The first kappa shape index (κ1) is 16.9. The van der Waals surface area contributed by atoms with E-state index in [1.165, 1.54) is 36.3 Å². The molecule has 0 spiro atoms. The minimum absolute atomic E-state index is 0.0334. The number of hydrogen-bond donors (Lipinski definition) is 0. The zero-order valence-electron chi connectivity index (χ0n) is 16.0. The molecule has 6 heteroatoms. The monoisotopic (exact) mass is 365 g/mol. The fourth-order valence-electron chi connectivity index (χ4n) is 4.56. The number of hydrogen-bond acceptors (Lipinski definition) is 5. The zero-order valence-corrected chi connectivity index (χ0v) is 16.0. The van der Waals surface area contributed by atoms with Crippen LogP contribution in [0.25, 0.3) is 0 Å². The van der Waals surface area contributed by atoms with E-state index in [1.807, 2.05) is 13.0 Å². The van der Waals surface area contributed by atoms with Crippen molar-refractivity contribution in [2.45, 2.75) is 64.3 Å². The Kier molecular flexibility index (Phi) is 4.21. The van der Waals surface area contributed by atoms with E-state index < -0.39 is 0 Å². The normalized spacial score (nSPS) is 20.1. The molecule has 3 heterocycles. The van der Waals surface area contributed by atoms with Crippen LogP contribution in [-0.2, 0) is 19.4 Å². The number of aromatic nitrogens is 4. The SMILES string of the molecule is Cc1nc2c(c(N3CCC(Cn4nc(C5CC5)ccc4=O)CC3)n1)CCC2. The highest BCUT2D eigenvalue weighted by molar-refractivity contribution is 5.51. The second-order valence-corrected chi connectivity index (χ2v) is 8.36. The van der Waals surface area contributed by atoms with Crippen molar-refractivity contribution in [3.8, 4) is 0 Å². The minimum atomic E-state index is 0.0334. The van der Waals surface area contributed by atoms with Crippen LogP contribution < -0.4 is 10.5 Å². The summed E-state index contributed by atoms with van der Waals surface area (Å²) >= 11 is 0. The summed E-state index contributed by atoms with van der Waals surface area (Å²) in [5.74, 6) is 3.15. The van der Waals surface area contributed by atoms with Crippen LogP contribution in [0.1, 0.15) is 60.8 Å². The Morgan fingerprint density at radius 3 is 2.67 bits per heavy atom. The number of nitrogens with zero attached hydrogens (tertiary/aromatic N) is 5. The van der Waals surface area contributed by atoms with E-state index in [0.29, 0.717) is 11.8 Å². The van der Waals surface area contributed by atoms with E-state index in [0.717, 1.165) is 56.8 Å². The van der Waals surface area contributed by atoms with Crippen LogP contribution in [0.2, 0.25) is 0 Å². The van der Waals surface area contributed by atoms with Crippen LogP contribution in [-0.4, -0.2) is 32.8 Å². The van der Waals surface area contributed by atoms with Crippen molar-refractivity contribution in [2.24, 2.45) is 5.92 Å². The molecule has 1 saturated heterocycles. The van der Waals surface area contributed by atoms with Crippen molar-refractivity contribution in [3.63, 3.8) is 0 Å². The lowest BCUT2D eigenvalue weighted by molar-refractivity contribution is 0.332. The summed E-state index contributed by atoms with van der Waals surface area (Å²) in [5.41, 5.74) is 3.76. The van der Waals surface area contributed by atoms with Crippen LogP contribution in [0.15, 0.2) is 16.9 Å². The number of aryl methyl sites for hydroxylation is 2. The van der Waals surface area contributed by atoms with Gasteiger partial charge in [0.2, 0.25) is 0 Å². The van der Waals surface area contributed by atoms with Crippen LogP contribution >= 0.6 is 0 Å². The van der Waals surface area contributed by atoms with Gasteiger partial charge in [-0.1, -0.05) is 0 Å². The van der Waals surface area contributed by atoms with Gasteiger partial charge in [0.1, 0.15) is 11.6 Å². The lowest BCUT2D eigenvalue weighted by Gasteiger charge is -2.34. The quantitative estimate of drug-likeness (QED) is 0.833. The van der Waals surface area contributed by atoms with Crippen molar-refractivity contribution < 1.29 is 0 Å². The average Bonchev–Trinajstić information content (AvgIpc) is 3.41. The van der Waals surface area contributed by atoms with Crippen LogP contribution in [0.4, 0.5) is 5.82 Å². The van der Waals surface area contributed by atoms with Crippen LogP contribution in [0.3, 0.4) is 0 Å². The van der Waals surface area contributed by atoms with Gasteiger partial charge in [0.15, 0.2) is 0 Å². The van der Waals surface area contributed by atoms with Crippen LogP contribution in [0.5, 0.6) is 0 Å². The highest BCUT2D eigenvalue weighted by atomic mass is 16.1. The second kappa shape index (κ2) is 6.73. The molecule has 27 heavy (non-hydrogen) atoms. The Labute approximate surface area is 159 Å². The lowest BCUT2D eigenvalue weighted by Crippen LogP contribution is -2.38. The van der Waals surface area contributed by atoms with Crippen molar-refractivity contribution >= 4 is 5.82 Å². The molecule has 2 aromatic heterocycles. The number of anilines is 1. The van der Waals surface area contributed by atoms with E-state index in [9.17, 15) is 4.79 Å². The van der Waals surface area contributed by atoms with Crippen molar-refractivity contribution in [2.75, 3.05) is 18.0 Å². The summed E-state index contributed by atoms with van der Waals surface area (Å²) in [6, 6.07) is 3.61. The summed E-state index contributed by atoms with van der Waals surface area (Å²) in [5, 5.41) is 4.63. The molecule has 2 fully saturated rings. The molecule has 2 aliphatic carbocycles. The third-order valence-corrected chi connectivity index (χ3v) is 6.25. The fraction of sp³-hybridized carbons (Fsp3) is 0.619. The molecular weight excluding hydrogens is 338 g/mol. The molecule has 0 radical (unpaired) electrons. The molecule has 0 bridgehead atoms.